The maximum Gasteiger partial charge on any atom is 0.0558 e. The number of aliphatic hydroxyl groups excluding tert-OH is 1. The predicted molar refractivity (Wildman–Crippen MR) is 39.2 cm³/mol. The van der Waals surface area contributed by atoms with Crippen LogP contribution >= 0.6 is 0 Å². The second kappa shape index (κ2) is 6.05. The standard InChI is InChI=1S/C7H16NO/c1-3-5-8(4-2)6-7-9/h9H,1,3-7H2,2H3. The van der Waals surface area contributed by atoms with Crippen LogP contribution in [0.5, 0.6) is 0 Å². The number of hydrogen-bond donors (Lipinski definition) is 1. The summed E-state index contributed by atoms with van der Waals surface area (Å²) in [6.45, 7) is 8.87. The summed E-state index contributed by atoms with van der Waals surface area (Å²) in [5.41, 5.74) is 0. The molecule has 0 aliphatic heterocycles. The summed E-state index contributed by atoms with van der Waals surface area (Å²) < 4.78 is 0. The largest absolute Gasteiger partial charge is 0.395 e. The lowest BCUT2D eigenvalue weighted by molar-refractivity contribution is 0.204. The topological polar surface area (TPSA) is 23.5 Å². The fourth-order valence-electron chi connectivity index (χ4n) is 0.793. The number of likely N-dealkylation sites (N-methyl/N-ethyl adjacent to an activating group) is 1. The molecule has 0 spiro atoms. The fraction of sp³-hybridized carbons (Fsp3) is 0.857. The minimum Gasteiger partial charge on any atom is -0.395 e. The zero-order chi connectivity index (χ0) is 7.11. The van der Waals surface area contributed by atoms with Gasteiger partial charge in [0.1, 0.15) is 0 Å². The number of aliphatic hydroxyl groups is 1. The Labute approximate surface area is 57.5 Å². The first-order chi connectivity index (χ1) is 4.35. The van der Waals surface area contributed by atoms with E-state index in [4.69, 9.17) is 5.11 Å². The molecule has 0 amide bonds. The maximum atomic E-state index is 8.53. The Morgan fingerprint density at radius 3 is 2.44 bits per heavy atom. The summed E-state index contributed by atoms with van der Waals surface area (Å²) in [7, 11) is 0. The van der Waals surface area contributed by atoms with Crippen molar-refractivity contribution in [1.29, 1.82) is 0 Å². The van der Waals surface area contributed by atoms with Gasteiger partial charge < -0.3 is 10.0 Å². The highest BCUT2D eigenvalue weighted by atomic mass is 16.3. The van der Waals surface area contributed by atoms with E-state index in [0.717, 1.165) is 26.1 Å². The molecule has 0 unspecified atom stereocenters. The zero-order valence-electron chi connectivity index (χ0n) is 6.14. The fourth-order valence-corrected chi connectivity index (χ4v) is 0.793. The first-order valence-electron chi connectivity index (χ1n) is 3.47. The summed E-state index contributed by atoms with van der Waals surface area (Å²) in [4.78, 5) is 2.17. The summed E-state index contributed by atoms with van der Waals surface area (Å²) >= 11 is 0. The van der Waals surface area contributed by atoms with E-state index in [9.17, 15) is 0 Å². The van der Waals surface area contributed by atoms with Crippen molar-refractivity contribution >= 4 is 0 Å². The lowest BCUT2D eigenvalue weighted by Gasteiger charge is -2.17. The highest BCUT2D eigenvalue weighted by Crippen LogP contribution is 1.87. The molecule has 0 saturated heterocycles. The van der Waals surface area contributed by atoms with E-state index in [2.05, 4.69) is 18.7 Å². The third kappa shape index (κ3) is 4.43. The Morgan fingerprint density at radius 1 is 1.44 bits per heavy atom. The molecule has 0 aliphatic rings. The van der Waals surface area contributed by atoms with E-state index in [0.29, 0.717) is 0 Å². The van der Waals surface area contributed by atoms with Crippen LogP contribution in [0.4, 0.5) is 0 Å². The van der Waals surface area contributed by atoms with Gasteiger partial charge in [-0.2, -0.15) is 0 Å². The van der Waals surface area contributed by atoms with Gasteiger partial charge in [-0.05, 0) is 19.5 Å². The molecule has 0 aromatic carbocycles. The van der Waals surface area contributed by atoms with Gasteiger partial charge in [0.25, 0.3) is 0 Å². The molecule has 9 heavy (non-hydrogen) atoms. The molecule has 1 N–H and O–H groups in total. The molecule has 0 aromatic heterocycles. The van der Waals surface area contributed by atoms with Gasteiger partial charge in [0.15, 0.2) is 0 Å². The molecular weight excluding hydrogens is 114 g/mol. The zero-order valence-corrected chi connectivity index (χ0v) is 6.14. The van der Waals surface area contributed by atoms with E-state index >= 15 is 0 Å². The van der Waals surface area contributed by atoms with Gasteiger partial charge >= 0.3 is 0 Å². The van der Waals surface area contributed by atoms with Crippen molar-refractivity contribution < 1.29 is 5.11 Å². The molecule has 0 aliphatic carbocycles. The Hall–Kier alpha value is -0.0800. The first kappa shape index (κ1) is 8.92. The van der Waals surface area contributed by atoms with E-state index < -0.39 is 0 Å². The molecule has 0 bridgehead atoms. The van der Waals surface area contributed by atoms with Crippen LogP contribution in [0, 0.1) is 6.92 Å². The summed E-state index contributed by atoms with van der Waals surface area (Å²) in [6, 6.07) is 0. The second-order valence-corrected chi connectivity index (χ2v) is 2.01. The minimum absolute atomic E-state index is 0.258. The van der Waals surface area contributed by atoms with Crippen molar-refractivity contribution in [3.05, 3.63) is 6.92 Å². The van der Waals surface area contributed by atoms with Gasteiger partial charge in [-0.25, -0.2) is 0 Å². The normalized spacial score (nSPS) is 10.7. The van der Waals surface area contributed by atoms with E-state index in [-0.39, 0.29) is 6.61 Å². The number of hydrogen-bond acceptors (Lipinski definition) is 2. The van der Waals surface area contributed by atoms with Crippen molar-refractivity contribution in [3.63, 3.8) is 0 Å². The lowest BCUT2D eigenvalue weighted by atomic mass is 10.4. The summed E-state index contributed by atoms with van der Waals surface area (Å²) in [5.74, 6) is 0. The van der Waals surface area contributed by atoms with Gasteiger partial charge in [-0.15, -0.1) is 0 Å². The number of rotatable bonds is 5. The Kier molecular flexibility index (Phi) is 5.99. The van der Waals surface area contributed by atoms with E-state index in [1.165, 1.54) is 0 Å². The van der Waals surface area contributed by atoms with Crippen LogP contribution < -0.4 is 0 Å². The monoisotopic (exact) mass is 130 g/mol. The smallest absolute Gasteiger partial charge is 0.0558 e. The SMILES string of the molecule is [CH2]CCN(CC)CCO. The molecule has 0 heterocycles. The quantitative estimate of drug-likeness (QED) is 0.586. The van der Waals surface area contributed by atoms with Gasteiger partial charge in [0.2, 0.25) is 0 Å². The van der Waals surface area contributed by atoms with E-state index in [1.54, 1.807) is 0 Å². The van der Waals surface area contributed by atoms with Crippen molar-refractivity contribution in [3.8, 4) is 0 Å². The van der Waals surface area contributed by atoms with Crippen LogP contribution in [-0.4, -0.2) is 36.2 Å². The van der Waals surface area contributed by atoms with Gasteiger partial charge in [0.05, 0.1) is 6.61 Å². The maximum absolute atomic E-state index is 8.53. The van der Waals surface area contributed by atoms with Crippen molar-refractivity contribution in [1.82, 2.24) is 4.90 Å². The molecule has 1 radical (unpaired) electrons. The summed E-state index contributed by atoms with van der Waals surface area (Å²) in [6.07, 6.45) is 0.924. The Bertz CT molecular complexity index is 50.9. The van der Waals surface area contributed by atoms with E-state index in [1.807, 2.05) is 0 Å². The van der Waals surface area contributed by atoms with Crippen molar-refractivity contribution in [2.45, 2.75) is 13.3 Å². The molecule has 0 aromatic rings. The minimum atomic E-state index is 0.258. The Morgan fingerprint density at radius 2 is 2.11 bits per heavy atom. The Balaban J connectivity index is 3.18. The molecule has 0 atom stereocenters. The third-order valence-electron chi connectivity index (χ3n) is 1.34. The van der Waals surface area contributed by atoms with Crippen LogP contribution in [0.1, 0.15) is 13.3 Å². The second-order valence-electron chi connectivity index (χ2n) is 2.01. The van der Waals surface area contributed by atoms with Crippen molar-refractivity contribution in [2.24, 2.45) is 0 Å². The molecule has 0 saturated carbocycles. The van der Waals surface area contributed by atoms with Crippen LogP contribution in [0.3, 0.4) is 0 Å². The van der Waals surface area contributed by atoms with Crippen LogP contribution in [0.2, 0.25) is 0 Å². The third-order valence-corrected chi connectivity index (χ3v) is 1.34. The predicted octanol–water partition coefficient (Wildman–Crippen LogP) is 0.525. The number of nitrogens with zero attached hydrogens (tertiary/aromatic N) is 1. The molecule has 0 fully saturated rings. The molecular formula is C7H16NO. The molecule has 55 valence electrons. The summed E-state index contributed by atoms with van der Waals surface area (Å²) in [5, 5.41) is 8.53. The highest BCUT2D eigenvalue weighted by molar-refractivity contribution is 4.54. The first-order valence-corrected chi connectivity index (χ1v) is 3.47. The van der Waals surface area contributed by atoms with Crippen molar-refractivity contribution in [2.75, 3.05) is 26.2 Å². The molecule has 2 heteroatoms. The molecule has 2 nitrogen and oxygen atoms in total. The van der Waals surface area contributed by atoms with Crippen LogP contribution in [0.15, 0.2) is 0 Å². The average molecular weight is 130 g/mol. The van der Waals surface area contributed by atoms with Gasteiger partial charge in [-0.3, -0.25) is 0 Å². The highest BCUT2D eigenvalue weighted by Gasteiger charge is 1.96. The van der Waals surface area contributed by atoms with Crippen LogP contribution in [0.25, 0.3) is 0 Å². The van der Waals surface area contributed by atoms with Gasteiger partial charge in [-0.1, -0.05) is 13.8 Å². The van der Waals surface area contributed by atoms with Crippen LogP contribution in [-0.2, 0) is 0 Å². The lowest BCUT2D eigenvalue weighted by Crippen LogP contribution is -2.27. The average Bonchev–Trinajstić information content (AvgIpc) is 1.88. The van der Waals surface area contributed by atoms with Gasteiger partial charge in [0, 0.05) is 6.54 Å². The molecule has 0 rings (SSSR count).